The van der Waals surface area contributed by atoms with Crippen molar-refractivity contribution in [3.8, 4) is 0 Å². The van der Waals surface area contributed by atoms with Crippen molar-refractivity contribution in [3.05, 3.63) is 65.5 Å². The highest BCUT2D eigenvalue weighted by Crippen LogP contribution is 2.18. The van der Waals surface area contributed by atoms with Gasteiger partial charge in [0.2, 0.25) is 5.91 Å². The molecule has 1 aromatic heterocycles. The molecule has 1 aliphatic rings. The number of pyridine rings is 1. The third-order valence-corrected chi connectivity index (χ3v) is 4.88. The van der Waals surface area contributed by atoms with Gasteiger partial charge in [-0.05, 0) is 24.1 Å². The summed E-state index contributed by atoms with van der Waals surface area (Å²) >= 11 is 0. The van der Waals surface area contributed by atoms with Crippen LogP contribution in [0, 0.1) is 6.92 Å². The maximum Gasteiger partial charge on any atom is 0.222 e. The van der Waals surface area contributed by atoms with Gasteiger partial charge in [-0.3, -0.25) is 14.7 Å². The number of hydrogen-bond acceptors (Lipinski definition) is 5. The van der Waals surface area contributed by atoms with E-state index in [1.165, 1.54) is 5.56 Å². The average Bonchev–Trinajstić information content (AvgIpc) is 2.69. The molecule has 144 valence electrons. The van der Waals surface area contributed by atoms with Crippen molar-refractivity contribution in [3.63, 3.8) is 0 Å². The second-order valence-corrected chi connectivity index (χ2v) is 7.04. The van der Waals surface area contributed by atoms with Gasteiger partial charge in [0.1, 0.15) is 0 Å². The van der Waals surface area contributed by atoms with Gasteiger partial charge in [0, 0.05) is 44.5 Å². The number of carbonyl (C=O) groups is 1. The molecule has 1 unspecified atom stereocenters. The van der Waals surface area contributed by atoms with E-state index in [-0.39, 0.29) is 24.4 Å². The van der Waals surface area contributed by atoms with Crippen molar-refractivity contribution >= 4 is 5.91 Å². The molecule has 6 heteroatoms. The first-order chi connectivity index (χ1) is 13.1. The van der Waals surface area contributed by atoms with E-state index in [4.69, 9.17) is 10.5 Å². The Balaban J connectivity index is 1.66. The van der Waals surface area contributed by atoms with Crippen LogP contribution in [0.3, 0.4) is 0 Å². The van der Waals surface area contributed by atoms with Gasteiger partial charge < -0.3 is 15.8 Å². The molecule has 0 radical (unpaired) electrons. The summed E-state index contributed by atoms with van der Waals surface area (Å²) in [6, 6.07) is 11.6. The number of aromatic nitrogens is 1. The van der Waals surface area contributed by atoms with Gasteiger partial charge >= 0.3 is 0 Å². The average molecular weight is 368 g/mol. The van der Waals surface area contributed by atoms with Gasteiger partial charge in [-0.25, -0.2) is 0 Å². The van der Waals surface area contributed by atoms with Crippen LogP contribution in [-0.4, -0.2) is 48.6 Å². The van der Waals surface area contributed by atoms with E-state index in [2.05, 4.69) is 46.4 Å². The first-order valence-corrected chi connectivity index (χ1v) is 9.43. The first-order valence-electron chi connectivity index (χ1n) is 9.43. The number of rotatable bonds is 7. The summed E-state index contributed by atoms with van der Waals surface area (Å²) in [5.41, 5.74) is 9.36. The Hall–Kier alpha value is -2.28. The number of aryl methyl sites for hydroxylation is 1. The van der Waals surface area contributed by atoms with Crippen molar-refractivity contribution in [1.29, 1.82) is 0 Å². The third-order valence-electron chi connectivity index (χ3n) is 4.88. The van der Waals surface area contributed by atoms with Gasteiger partial charge in [0.25, 0.3) is 0 Å². The number of nitrogens with zero attached hydrogens (tertiary/aromatic N) is 2. The van der Waals surface area contributed by atoms with Gasteiger partial charge in [-0.2, -0.15) is 0 Å². The van der Waals surface area contributed by atoms with Crippen LogP contribution < -0.4 is 11.1 Å². The van der Waals surface area contributed by atoms with Gasteiger partial charge in [0.05, 0.1) is 19.3 Å². The Morgan fingerprint density at radius 3 is 2.63 bits per heavy atom. The van der Waals surface area contributed by atoms with E-state index in [0.29, 0.717) is 0 Å². The van der Waals surface area contributed by atoms with E-state index in [9.17, 15) is 4.79 Å². The molecular formula is C21H28N4O2. The van der Waals surface area contributed by atoms with E-state index in [0.717, 1.165) is 44.0 Å². The number of hydrogen-bond donors (Lipinski definition) is 2. The minimum Gasteiger partial charge on any atom is -0.379 e. The molecule has 6 nitrogen and oxygen atoms in total. The molecule has 3 rings (SSSR count). The number of carbonyl (C=O) groups excluding carboxylic acids is 1. The maximum atomic E-state index is 12.7. The van der Waals surface area contributed by atoms with Crippen LogP contribution in [0.2, 0.25) is 0 Å². The lowest BCUT2D eigenvalue weighted by Gasteiger charge is -2.31. The molecule has 0 saturated carbocycles. The van der Waals surface area contributed by atoms with Crippen LogP contribution in [0.25, 0.3) is 0 Å². The molecule has 2 heterocycles. The molecular weight excluding hydrogens is 340 g/mol. The molecule has 1 aliphatic heterocycles. The largest absolute Gasteiger partial charge is 0.379 e. The molecule has 0 spiro atoms. The number of amides is 1. The number of nitrogens with one attached hydrogen (secondary N) is 1. The second kappa shape index (κ2) is 9.60. The number of ether oxygens (including phenoxy) is 1. The number of benzene rings is 1. The second-order valence-electron chi connectivity index (χ2n) is 7.04. The molecule has 2 atom stereocenters. The van der Waals surface area contributed by atoms with Gasteiger partial charge in [0.15, 0.2) is 0 Å². The van der Waals surface area contributed by atoms with Crippen molar-refractivity contribution < 1.29 is 9.53 Å². The zero-order valence-electron chi connectivity index (χ0n) is 15.8. The SMILES string of the molecule is Cc1ccc(C(CN2CCOCC2)NC(=O)C[C@H](N)c2cccnc2)cc1. The Morgan fingerprint density at radius 2 is 1.96 bits per heavy atom. The van der Waals surface area contributed by atoms with Crippen LogP contribution >= 0.6 is 0 Å². The van der Waals surface area contributed by atoms with Crippen molar-refractivity contribution in [2.24, 2.45) is 5.73 Å². The molecule has 1 aromatic carbocycles. The maximum absolute atomic E-state index is 12.7. The zero-order chi connectivity index (χ0) is 19.1. The fourth-order valence-corrected chi connectivity index (χ4v) is 3.24. The first kappa shape index (κ1) is 19.5. The fraction of sp³-hybridized carbons (Fsp3) is 0.429. The smallest absolute Gasteiger partial charge is 0.222 e. The molecule has 0 bridgehead atoms. The Labute approximate surface area is 160 Å². The molecule has 1 fully saturated rings. The van der Waals surface area contributed by atoms with E-state index in [1.54, 1.807) is 12.4 Å². The highest BCUT2D eigenvalue weighted by atomic mass is 16.5. The van der Waals surface area contributed by atoms with E-state index in [1.807, 2.05) is 12.1 Å². The lowest BCUT2D eigenvalue weighted by molar-refractivity contribution is -0.122. The zero-order valence-corrected chi connectivity index (χ0v) is 15.8. The van der Waals surface area contributed by atoms with Gasteiger partial charge in [-0.15, -0.1) is 0 Å². The summed E-state index contributed by atoms with van der Waals surface area (Å²) in [4.78, 5) is 19.1. The highest BCUT2D eigenvalue weighted by Gasteiger charge is 2.21. The van der Waals surface area contributed by atoms with Crippen LogP contribution in [0.1, 0.15) is 35.2 Å². The van der Waals surface area contributed by atoms with Crippen molar-refractivity contribution in [2.45, 2.75) is 25.4 Å². The Kier molecular flexibility index (Phi) is 6.92. The predicted molar refractivity (Wildman–Crippen MR) is 105 cm³/mol. The molecule has 1 amide bonds. The van der Waals surface area contributed by atoms with Crippen LogP contribution in [-0.2, 0) is 9.53 Å². The van der Waals surface area contributed by atoms with Crippen LogP contribution in [0.4, 0.5) is 0 Å². The quantitative estimate of drug-likeness (QED) is 0.781. The summed E-state index contributed by atoms with van der Waals surface area (Å²) < 4.78 is 5.43. The monoisotopic (exact) mass is 368 g/mol. The number of nitrogens with two attached hydrogens (primary N) is 1. The lowest BCUT2D eigenvalue weighted by Crippen LogP contribution is -2.43. The molecule has 3 N–H and O–H groups in total. The topological polar surface area (TPSA) is 80.5 Å². The Morgan fingerprint density at radius 1 is 1.22 bits per heavy atom. The summed E-state index contributed by atoms with van der Waals surface area (Å²) in [6.07, 6.45) is 3.65. The Bertz CT molecular complexity index is 715. The van der Waals surface area contributed by atoms with E-state index < -0.39 is 0 Å². The summed E-state index contributed by atoms with van der Waals surface area (Å²) in [5.74, 6) is -0.0508. The summed E-state index contributed by atoms with van der Waals surface area (Å²) in [7, 11) is 0. The molecule has 1 saturated heterocycles. The normalized spacial score (nSPS) is 17.3. The predicted octanol–water partition coefficient (Wildman–Crippen LogP) is 1.97. The summed E-state index contributed by atoms with van der Waals surface area (Å²) in [5, 5.41) is 3.18. The summed E-state index contributed by atoms with van der Waals surface area (Å²) in [6.45, 7) is 6.06. The number of morpholine rings is 1. The molecule has 2 aromatic rings. The van der Waals surface area contributed by atoms with Crippen molar-refractivity contribution in [2.75, 3.05) is 32.8 Å². The standard InChI is InChI=1S/C21H28N4O2/c1-16-4-6-17(7-5-16)20(15-25-9-11-27-12-10-25)24-21(26)13-19(22)18-3-2-8-23-14-18/h2-8,14,19-20H,9-13,15,22H2,1H3,(H,24,26)/t19-,20?/m0/s1. The van der Waals surface area contributed by atoms with Crippen molar-refractivity contribution in [1.82, 2.24) is 15.2 Å². The van der Waals surface area contributed by atoms with Crippen LogP contribution in [0.15, 0.2) is 48.8 Å². The minimum absolute atomic E-state index is 0.0508. The van der Waals surface area contributed by atoms with Gasteiger partial charge in [-0.1, -0.05) is 35.9 Å². The fourth-order valence-electron chi connectivity index (χ4n) is 3.24. The molecule has 27 heavy (non-hydrogen) atoms. The molecule has 0 aliphatic carbocycles. The minimum atomic E-state index is -0.360. The van der Waals surface area contributed by atoms with Crippen LogP contribution in [0.5, 0.6) is 0 Å². The highest BCUT2D eigenvalue weighted by molar-refractivity contribution is 5.77. The third kappa shape index (κ3) is 5.85. The van der Waals surface area contributed by atoms with E-state index >= 15 is 0 Å². The lowest BCUT2D eigenvalue weighted by atomic mass is 10.0.